The highest BCUT2D eigenvalue weighted by molar-refractivity contribution is 5.32. The zero-order chi connectivity index (χ0) is 12.3. The monoisotopic (exact) mass is 231 g/mol. The molecule has 2 aromatic rings. The van der Waals surface area contributed by atoms with Crippen molar-refractivity contribution in [2.24, 2.45) is 5.73 Å². The van der Waals surface area contributed by atoms with Crippen molar-refractivity contribution in [3.8, 4) is 5.75 Å². The Morgan fingerprint density at radius 1 is 1.18 bits per heavy atom. The maximum Gasteiger partial charge on any atom is 0.168 e. The van der Waals surface area contributed by atoms with Crippen LogP contribution in [0, 0.1) is 13.8 Å². The van der Waals surface area contributed by atoms with E-state index >= 15 is 0 Å². The minimum Gasteiger partial charge on any atom is -0.481 e. The highest BCUT2D eigenvalue weighted by Crippen LogP contribution is 2.25. The van der Waals surface area contributed by atoms with Crippen molar-refractivity contribution in [1.29, 1.82) is 0 Å². The van der Waals surface area contributed by atoms with E-state index in [4.69, 9.17) is 14.9 Å². The summed E-state index contributed by atoms with van der Waals surface area (Å²) in [6, 6.07) is 11.7. The molecular weight excluding hydrogens is 214 g/mol. The number of para-hydroxylation sites is 1. The lowest BCUT2D eigenvalue weighted by molar-refractivity contribution is 0.181. The molecule has 0 saturated carbocycles. The van der Waals surface area contributed by atoms with E-state index in [9.17, 15) is 0 Å². The quantitative estimate of drug-likeness (QED) is 0.880. The molecule has 0 radical (unpaired) electrons. The fourth-order valence-corrected chi connectivity index (χ4v) is 1.69. The first-order valence-electron chi connectivity index (χ1n) is 5.69. The van der Waals surface area contributed by atoms with Gasteiger partial charge in [0.25, 0.3) is 0 Å². The smallest absolute Gasteiger partial charge is 0.168 e. The molecule has 0 bridgehead atoms. The molecule has 2 rings (SSSR count). The molecule has 0 saturated heterocycles. The van der Waals surface area contributed by atoms with Crippen LogP contribution in [0.1, 0.15) is 23.2 Å². The molecule has 2 N–H and O–H groups in total. The van der Waals surface area contributed by atoms with Gasteiger partial charge < -0.3 is 14.9 Å². The van der Waals surface area contributed by atoms with Crippen LogP contribution in [0.4, 0.5) is 0 Å². The molecule has 0 aliphatic heterocycles. The Hall–Kier alpha value is -1.74. The van der Waals surface area contributed by atoms with Gasteiger partial charge in [0.15, 0.2) is 6.10 Å². The van der Waals surface area contributed by atoms with Gasteiger partial charge in [0.05, 0.1) is 0 Å². The predicted octanol–water partition coefficient (Wildman–Crippen LogP) is 2.98. The van der Waals surface area contributed by atoms with Gasteiger partial charge >= 0.3 is 0 Å². The number of aryl methyl sites for hydroxylation is 2. The van der Waals surface area contributed by atoms with Gasteiger partial charge in [-0.2, -0.15) is 0 Å². The Balaban J connectivity index is 2.18. The molecular formula is C14H17NO2. The molecule has 1 unspecified atom stereocenters. The second kappa shape index (κ2) is 5.06. The molecule has 17 heavy (non-hydrogen) atoms. The number of rotatable bonds is 4. The SMILES string of the molecule is Cc1ccc(C(CN)Oc2ccccc2C)o1. The topological polar surface area (TPSA) is 48.4 Å². The maximum atomic E-state index is 5.88. The van der Waals surface area contributed by atoms with Crippen LogP contribution in [0.2, 0.25) is 0 Å². The summed E-state index contributed by atoms with van der Waals surface area (Å²) < 4.78 is 11.4. The van der Waals surface area contributed by atoms with E-state index in [1.165, 1.54) is 0 Å². The number of nitrogens with two attached hydrogens (primary N) is 1. The van der Waals surface area contributed by atoms with Crippen LogP contribution >= 0.6 is 0 Å². The van der Waals surface area contributed by atoms with Crippen LogP contribution in [0.3, 0.4) is 0 Å². The minimum absolute atomic E-state index is 0.232. The van der Waals surface area contributed by atoms with E-state index in [0.717, 1.165) is 22.8 Å². The Morgan fingerprint density at radius 2 is 1.94 bits per heavy atom. The molecule has 3 nitrogen and oxygen atoms in total. The Labute approximate surface area is 101 Å². The summed E-state index contributed by atoms with van der Waals surface area (Å²) in [6.07, 6.45) is -0.232. The second-order valence-electron chi connectivity index (χ2n) is 4.06. The summed E-state index contributed by atoms with van der Waals surface area (Å²) >= 11 is 0. The molecule has 90 valence electrons. The van der Waals surface area contributed by atoms with E-state index in [1.807, 2.05) is 50.2 Å². The molecule has 0 aliphatic carbocycles. The highest BCUT2D eigenvalue weighted by atomic mass is 16.5. The number of furan rings is 1. The molecule has 1 heterocycles. The minimum atomic E-state index is -0.232. The summed E-state index contributed by atoms with van der Waals surface area (Å²) in [5.41, 5.74) is 6.82. The van der Waals surface area contributed by atoms with Crippen molar-refractivity contribution in [1.82, 2.24) is 0 Å². The van der Waals surface area contributed by atoms with Gasteiger partial charge in [-0.3, -0.25) is 0 Å². The van der Waals surface area contributed by atoms with Crippen LogP contribution < -0.4 is 10.5 Å². The number of hydrogen-bond acceptors (Lipinski definition) is 3. The van der Waals surface area contributed by atoms with Crippen molar-refractivity contribution in [2.45, 2.75) is 20.0 Å². The van der Waals surface area contributed by atoms with E-state index in [2.05, 4.69) is 0 Å². The lowest BCUT2D eigenvalue weighted by Crippen LogP contribution is -2.18. The lowest BCUT2D eigenvalue weighted by atomic mass is 10.2. The average molecular weight is 231 g/mol. The normalized spacial score (nSPS) is 12.4. The van der Waals surface area contributed by atoms with Crippen molar-refractivity contribution in [3.05, 3.63) is 53.5 Å². The second-order valence-corrected chi connectivity index (χ2v) is 4.06. The van der Waals surface area contributed by atoms with Crippen molar-refractivity contribution in [2.75, 3.05) is 6.54 Å². The van der Waals surface area contributed by atoms with Crippen LogP contribution in [0.15, 0.2) is 40.8 Å². The molecule has 3 heteroatoms. The third kappa shape index (κ3) is 2.68. The van der Waals surface area contributed by atoms with Crippen molar-refractivity contribution >= 4 is 0 Å². The molecule has 0 spiro atoms. The fourth-order valence-electron chi connectivity index (χ4n) is 1.69. The fraction of sp³-hybridized carbons (Fsp3) is 0.286. The molecule has 0 fully saturated rings. The van der Waals surface area contributed by atoms with Gasteiger partial charge in [0.2, 0.25) is 0 Å². The third-order valence-electron chi connectivity index (χ3n) is 2.66. The van der Waals surface area contributed by atoms with E-state index in [-0.39, 0.29) is 6.10 Å². The predicted molar refractivity (Wildman–Crippen MR) is 67.0 cm³/mol. The maximum absolute atomic E-state index is 5.88. The van der Waals surface area contributed by atoms with Crippen molar-refractivity contribution in [3.63, 3.8) is 0 Å². The highest BCUT2D eigenvalue weighted by Gasteiger charge is 2.15. The van der Waals surface area contributed by atoms with Gasteiger partial charge in [0.1, 0.15) is 17.3 Å². The Morgan fingerprint density at radius 3 is 2.53 bits per heavy atom. The van der Waals surface area contributed by atoms with Gasteiger partial charge in [-0.25, -0.2) is 0 Å². The van der Waals surface area contributed by atoms with Crippen LogP contribution in [0.25, 0.3) is 0 Å². The zero-order valence-corrected chi connectivity index (χ0v) is 10.1. The third-order valence-corrected chi connectivity index (χ3v) is 2.66. The summed E-state index contributed by atoms with van der Waals surface area (Å²) in [7, 11) is 0. The number of hydrogen-bond donors (Lipinski definition) is 1. The first-order chi connectivity index (χ1) is 8.20. The Kier molecular flexibility index (Phi) is 3.49. The van der Waals surface area contributed by atoms with Crippen molar-refractivity contribution < 1.29 is 9.15 Å². The summed E-state index contributed by atoms with van der Waals surface area (Å²) in [5.74, 6) is 2.48. The average Bonchev–Trinajstić information content (AvgIpc) is 2.75. The van der Waals surface area contributed by atoms with E-state index < -0.39 is 0 Å². The zero-order valence-electron chi connectivity index (χ0n) is 10.1. The molecule has 0 amide bonds. The molecule has 1 aromatic heterocycles. The largest absolute Gasteiger partial charge is 0.481 e. The van der Waals surface area contributed by atoms with Crippen LogP contribution in [-0.4, -0.2) is 6.54 Å². The van der Waals surface area contributed by atoms with E-state index in [1.54, 1.807) is 0 Å². The van der Waals surface area contributed by atoms with Crippen LogP contribution in [0.5, 0.6) is 5.75 Å². The van der Waals surface area contributed by atoms with E-state index in [0.29, 0.717) is 6.54 Å². The first kappa shape index (κ1) is 11.7. The van der Waals surface area contributed by atoms with Crippen LogP contribution in [-0.2, 0) is 0 Å². The number of ether oxygens (including phenoxy) is 1. The number of benzene rings is 1. The first-order valence-corrected chi connectivity index (χ1v) is 5.69. The summed E-state index contributed by atoms with van der Waals surface area (Å²) in [6.45, 7) is 4.31. The lowest BCUT2D eigenvalue weighted by Gasteiger charge is -2.16. The Bertz CT molecular complexity index is 490. The standard InChI is InChI=1S/C14H17NO2/c1-10-5-3-4-6-12(10)17-14(9-15)13-8-7-11(2)16-13/h3-8,14H,9,15H2,1-2H3. The van der Waals surface area contributed by atoms with Gasteiger partial charge in [-0.05, 0) is 37.6 Å². The summed E-state index contributed by atoms with van der Waals surface area (Å²) in [5, 5.41) is 0. The van der Waals surface area contributed by atoms with Gasteiger partial charge in [0, 0.05) is 6.54 Å². The molecule has 1 aromatic carbocycles. The molecule has 0 aliphatic rings. The summed E-state index contributed by atoms with van der Waals surface area (Å²) in [4.78, 5) is 0. The van der Waals surface area contributed by atoms with Gasteiger partial charge in [-0.15, -0.1) is 0 Å². The molecule has 1 atom stereocenters. The van der Waals surface area contributed by atoms with Gasteiger partial charge in [-0.1, -0.05) is 18.2 Å².